The zero-order valence-corrected chi connectivity index (χ0v) is 16.9. The largest absolute Gasteiger partial charge is 0.481 e. The number of carboxylic acid groups (broad SMARTS) is 1. The molecule has 1 aromatic rings. The van der Waals surface area contributed by atoms with E-state index in [1.807, 2.05) is 22.4 Å². The van der Waals surface area contributed by atoms with Crippen molar-refractivity contribution in [3.05, 3.63) is 22.4 Å². The van der Waals surface area contributed by atoms with Crippen molar-refractivity contribution in [2.75, 3.05) is 32.7 Å². The van der Waals surface area contributed by atoms with Crippen LogP contribution >= 0.6 is 11.3 Å². The molecule has 1 aromatic heterocycles. The highest BCUT2D eigenvalue weighted by atomic mass is 32.1. The van der Waals surface area contributed by atoms with E-state index >= 15 is 0 Å². The van der Waals surface area contributed by atoms with Gasteiger partial charge < -0.3 is 20.6 Å². The number of primary amides is 1. The minimum absolute atomic E-state index is 0.0235. The number of thiophene rings is 1. The Bertz CT molecular complexity index is 686. The summed E-state index contributed by atoms with van der Waals surface area (Å²) in [7, 11) is 0. The second-order valence-electron chi connectivity index (χ2n) is 7.94. The van der Waals surface area contributed by atoms with E-state index in [2.05, 4.69) is 4.90 Å². The van der Waals surface area contributed by atoms with Crippen LogP contribution in [0.5, 0.6) is 0 Å². The number of amides is 2. The van der Waals surface area contributed by atoms with Gasteiger partial charge in [-0.2, -0.15) is 0 Å². The highest BCUT2D eigenvalue weighted by Crippen LogP contribution is 2.31. The summed E-state index contributed by atoms with van der Waals surface area (Å²) < 4.78 is 0. The van der Waals surface area contributed by atoms with Gasteiger partial charge in [-0.15, -0.1) is 11.3 Å². The molecular formula is C20H29N3O4S. The summed E-state index contributed by atoms with van der Waals surface area (Å²) in [5, 5.41) is 11.2. The van der Waals surface area contributed by atoms with Crippen LogP contribution in [-0.4, -0.2) is 65.4 Å². The van der Waals surface area contributed by atoms with E-state index in [9.17, 15) is 19.5 Å². The summed E-state index contributed by atoms with van der Waals surface area (Å²) in [5.41, 5.74) is 5.40. The Balaban J connectivity index is 1.57. The minimum Gasteiger partial charge on any atom is -0.481 e. The van der Waals surface area contributed by atoms with Gasteiger partial charge in [0.25, 0.3) is 5.91 Å². The van der Waals surface area contributed by atoms with Crippen molar-refractivity contribution < 1.29 is 19.5 Å². The van der Waals surface area contributed by atoms with Crippen LogP contribution in [0, 0.1) is 17.8 Å². The SMILES string of the molecule is NC(=O)C1CCN(CCC2CN(C(=O)c3cccs3)CCC2CC(=O)O)CC1. The molecule has 28 heavy (non-hydrogen) atoms. The summed E-state index contributed by atoms with van der Waals surface area (Å²) >= 11 is 1.44. The van der Waals surface area contributed by atoms with Gasteiger partial charge in [-0.25, -0.2) is 0 Å². The summed E-state index contributed by atoms with van der Waals surface area (Å²) in [6.07, 6.45) is 3.35. The Morgan fingerprint density at radius 2 is 1.89 bits per heavy atom. The average Bonchev–Trinajstić information content (AvgIpc) is 3.21. The number of carbonyl (C=O) groups excluding carboxylic acids is 2. The molecule has 154 valence electrons. The lowest BCUT2D eigenvalue weighted by Crippen LogP contribution is -2.46. The van der Waals surface area contributed by atoms with Crippen molar-refractivity contribution in [2.45, 2.75) is 32.1 Å². The number of hydrogen-bond donors (Lipinski definition) is 2. The zero-order chi connectivity index (χ0) is 20.1. The van der Waals surface area contributed by atoms with E-state index in [0.717, 1.165) is 50.2 Å². The standard InChI is InChI=1S/C20H29N3O4S/c21-19(26)14-3-7-22(8-4-14)9-5-16-13-23(10-6-15(16)12-18(24)25)20(27)17-2-1-11-28-17/h1-2,11,14-16H,3-10,12-13H2,(H2,21,26)(H,24,25). The average molecular weight is 408 g/mol. The lowest BCUT2D eigenvalue weighted by molar-refractivity contribution is -0.139. The summed E-state index contributed by atoms with van der Waals surface area (Å²) in [6, 6.07) is 3.72. The first-order valence-corrected chi connectivity index (χ1v) is 10.9. The van der Waals surface area contributed by atoms with Crippen molar-refractivity contribution in [2.24, 2.45) is 23.5 Å². The van der Waals surface area contributed by atoms with Crippen LogP contribution in [0.15, 0.2) is 17.5 Å². The Hall–Kier alpha value is -1.93. The number of nitrogens with zero attached hydrogens (tertiary/aromatic N) is 2. The van der Waals surface area contributed by atoms with Gasteiger partial charge in [0.1, 0.15) is 0 Å². The molecule has 2 aliphatic heterocycles. The molecule has 2 saturated heterocycles. The third-order valence-electron chi connectivity index (χ3n) is 6.15. The topological polar surface area (TPSA) is 104 Å². The maximum Gasteiger partial charge on any atom is 0.303 e. The van der Waals surface area contributed by atoms with Gasteiger partial charge in [-0.05, 0) is 68.6 Å². The van der Waals surface area contributed by atoms with Gasteiger partial charge in [0.05, 0.1) is 4.88 Å². The Labute approximate surface area is 169 Å². The Kier molecular flexibility index (Phi) is 7.07. The second-order valence-corrected chi connectivity index (χ2v) is 8.89. The van der Waals surface area contributed by atoms with Crippen LogP contribution in [-0.2, 0) is 9.59 Å². The van der Waals surface area contributed by atoms with Crippen molar-refractivity contribution >= 4 is 29.1 Å². The lowest BCUT2D eigenvalue weighted by atomic mass is 9.80. The van der Waals surface area contributed by atoms with Gasteiger partial charge in [0, 0.05) is 25.4 Å². The smallest absolute Gasteiger partial charge is 0.303 e. The fourth-order valence-electron chi connectivity index (χ4n) is 4.43. The van der Waals surface area contributed by atoms with Gasteiger partial charge in [0.2, 0.25) is 5.91 Å². The molecule has 2 fully saturated rings. The number of piperidine rings is 2. The molecule has 2 unspecified atom stereocenters. The number of carbonyl (C=O) groups is 3. The van der Waals surface area contributed by atoms with Crippen LogP contribution in [0.25, 0.3) is 0 Å². The number of nitrogens with two attached hydrogens (primary N) is 1. The molecule has 2 atom stereocenters. The first-order chi connectivity index (χ1) is 13.4. The first-order valence-electron chi connectivity index (χ1n) is 10.00. The maximum atomic E-state index is 12.7. The predicted octanol–water partition coefficient (Wildman–Crippen LogP) is 1.89. The number of rotatable bonds is 7. The molecule has 0 aliphatic carbocycles. The molecule has 2 aliphatic rings. The van der Waals surface area contributed by atoms with Gasteiger partial charge in [0.15, 0.2) is 0 Å². The number of likely N-dealkylation sites (tertiary alicyclic amines) is 2. The molecule has 2 amide bonds. The Morgan fingerprint density at radius 1 is 1.14 bits per heavy atom. The number of aliphatic carboxylic acids is 1. The highest BCUT2D eigenvalue weighted by molar-refractivity contribution is 7.12. The van der Waals surface area contributed by atoms with Crippen LogP contribution in [0.4, 0.5) is 0 Å². The van der Waals surface area contributed by atoms with Crippen LogP contribution < -0.4 is 5.73 Å². The van der Waals surface area contributed by atoms with Gasteiger partial charge >= 0.3 is 5.97 Å². The van der Waals surface area contributed by atoms with Crippen LogP contribution in [0.2, 0.25) is 0 Å². The summed E-state index contributed by atoms with van der Waals surface area (Å²) in [4.78, 5) is 40.3. The fraction of sp³-hybridized carbons (Fsp3) is 0.650. The van der Waals surface area contributed by atoms with Crippen molar-refractivity contribution in [1.29, 1.82) is 0 Å². The molecule has 0 radical (unpaired) electrons. The van der Waals surface area contributed by atoms with E-state index in [4.69, 9.17) is 5.73 Å². The number of carboxylic acids is 1. The molecule has 3 rings (SSSR count). The summed E-state index contributed by atoms with van der Waals surface area (Å²) in [6.45, 7) is 3.80. The van der Waals surface area contributed by atoms with Gasteiger partial charge in [-0.3, -0.25) is 14.4 Å². The first kappa shape index (κ1) is 20.8. The molecule has 3 N–H and O–H groups in total. The quantitative estimate of drug-likeness (QED) is 0.718. The number of hydrogen-bond acceptors (Lipinski definition) is 5. The molecule has 8 heteroatoms. The van der Waals surface area contributed by atoms with E-state index < -0.39 is 5.97 Å². The van der Waals surface area contributed by atoms with Gasteiger partial charge in [-0.1, -0.05) is 6.07 Å². The van der Waals surface area contributed by atoms with Crippen molar-refractivity contribution in [1.82, 2.24) is 9.80 Å². The predicted molar refractivity (Wildman–Crippen MR) is 107 cm³/mol. The van der Waals surface area contributed by atoms with Crippen molar-refractivity contribution in [3.8, 4) is 0 Å². The van der Waals surface area contributed by atoms with Crippen molar-refractivity contribution in [3.63, 3.8) is 0 Å². The van der Waals surface area contributed by atoms with Crippen LogP contribution in [0.1, 0.15) is 41.8 Å². The van der Waals surface area contributed by atoms with E-state index in [1.54, 1.807) is 0 Å². The monoisotopic (exact) mass is 407 g/mol. The molecule has 7 nitrogen and oxygen atoms in total. The molecule has 0 aromatic carbocycles. The molecular weight excluding hydrogens is 378 g/mol. The summed E-state index contributed by atoms with van der Waals surface area (Å²) in [5.74, 6) is -0.664. The highest BCUT2D eigenvalue weighted by Gasteiger charge is 2.34. The lowest BCUT2D eigenvalue weighted by Gasteiger charge is -2.39. The molecule has 0 saturated carbocycles. The van der Waals surface area contributed by atoms with Crippen LogP contribution in [0.3, 0.4) is 0 Å². The zero-order valence-electron chi connectivity index (χ0n) is 16.1. The normalized spacial score (nSPS) is 24.2. The molecule has 0 spiro atoms. The Morgan fingerprint density at radius 3 is 2.50 bits per heavy atom. The third kappa shape index (κ3) is 5.32. The molecule has 0 bridgehead atoms. The molecule has 3 heterocycles. The fourth-order valence-corrected chi connectivity index (χ4v) is 5.12. The minimum atomic E-state index is -0.768. The van der Waals surface area contributed by atoms with E-state index in [1.165, 1.54) is 11.3 Å². The third-order valence-corrected chi connectivity index (χ3v) is 7.01. The van der Waals surface area contributed by atoms with E-state index in [-0.39, 0.29) is 36.0 Å². The van der Waals surface area contributed by atoms with E-state index in [0.29, 0.717) is 13.1 Å². The second kappa shape index (κ2) is 9.52. The maximum absolute atomic E-state index is 12.7.